The highest BCUT2D eigenvalue weighted by Crippen LogP contribution is 2.41. The summed E-state index contributed by atoms with van der Waals surface area (Å²) in [4.78, 5) is 6.26. The van der Waals surface area contributed by atoms with Crippen molar-refractivity contribution in [2.45, 2.75) is 44.5 Å². The van der Waals surface area contributed by atoms with Gasteiger partial charge in [0.1, 0.15) is 18.1 Å². The number of hydrogen-bond acceptors (Lipinski definition) is 5. The second kappa shape index (κ2) is 4.72. The molecule has 4 rings (SSSR count). The fraction of sp³-hybridized carbons (Fsp3) is 0.600. The van der Waals surface area contributed by atoms with Gasteiger partial charge in [-0.1, -0.05) is 13.8 Å². The summed E-state index contributed by atoms with van der Waals surface area (Å²) in [5.74, 6) is 1.28. The lowest BCUT2D eigenvalue weighted by Crippen LogP contribution is -2.80. The molecule has 3 saturated heterocycles. The van der Waals surface area contributed by atoms with Gasteiger partial charge in [-0.2, -0.15) is 5.26 Å². The molecular weight excluding hydrogens is 252 g/mol. The molecule has 0 saturated carbocycles. The van der Waals surface area contributed by atoms with Gasteiger partial charge in [0.15, 0.2) is 0 Å². The minimum atomic E-state index is -0.560. The van der Waals surface area contributed by atoms with E-state index in [1.54, 1.807) is 12.3 Å². The van der Waals surface area contributed by atoms with Crippen molar-refractivity contribution in [1.82, 2.24) is 10.3 Å². The van der Waals surface area contributed by atoms with Gasteiger partial charge in [0.25, 0.3) is 0 Å². The van der Waals surface area contributed by atoms with Crippen LogP contribution >= 0.6 is 0 Å². The van der Waals surface area contributed by atoms with E-state index in [2.05, 4.69) is 30.2 Å². The molecule has 5 heteroatoms. The van der Waals surface area contributed by atoms with E-state index in [0.29, 0.717) is 17.5 Å². The predicted molar refractivity (Wildman–Crippen MR) is 76.0 cm³/mol. The molecular formula is C15H20N4O. The molecule has 3 aliphatic rings. The van der Waals surface area contributed by atoms with Crippen molar-refractivity contribution in [2.24, 2.45) is 5.92 Å². The van der Waals surface area contributed by atoms with Gasteiger partial charge in [0.05, 0.1) is 11.1 Å². The Morgan fingerprint density at radius 2 is 2.35 bits per heavy atom. The summed E-state index contributed by atoms with van der Waals surface area (Å²) in [6.07, 6.45) is 2.98. The first-order chi connectivity index (χ1) is 9.54. The van der Waals surface area contributed by atoms with Gasteiger partial charge in [-0.05, 0) is 30.9 Å². The van der Waals surface area contributed by atoms with Gasteiger partial charge in [0, 0.05) is 18.8 Å². The van der Waals surface area contributed by atoms with E-state index in [4.69, 9.17) is 5.26 Å². The summed E-state index contributed by atoms with van der Waals surface area (Å²) in [5.41, 5.74) is 0.340. The smallest absolute Gasteiger partial charge is 0.146 e. The van der Waals surface area contributed by atoms with Crippen molar-refractivity contribution >= 4 is 5.82 Å². The van der Waals surface area contributed by atoms with Crippen LogP contribution in [0.15, 0.2) is 18.3 Å². The van der Waals surface area contributed by atoms with Crippen LogP contribution in [0.4, 0.5) is 5.82 Å². The summed E-state index contributed by atoms with van der Waals surface area (Å²) in [6, 6.07) is 6.05. The Labute approximate surface area is 119 Å². The molecule has 20 heavy (non-hydrogen) atoms. The lowest BCUT2D eigenvalue weighted by Gasteiger charge is -2.61. The number of fused-ring (bicyclic) bond motifs is 2. The number of nitrogens with zero attached hydrogens (tertiary/aromatic N) is 3. The fourth-order valence-corrected chi connectivity index (χ4v) is 3.57. The van der Waals surface area contributed by atoms with Gasteiger partial charge in [-0.3, -0.25) is 0 Å². The van der Waals surface area contributed by atoms with Gasteiger partial charge >= 0.3 is 0 Å². The summed E-state index contributed by atoms with van der Waals surface area (Å²) in [5, 5.41) is 23.1. The third-order valence-corrected chi connectivity index (χ3v) is 4.25. The lowest BCUT2D eigenvalue weighted by molar-refractivity contribution is -0.0572. The topological polar surface area (TPSA) is 72.2 Å². The number of hydrogen-bond donors (Lipinski definition) is 2. The number of aliphatic hydroxyl groups excluding tert-OH is 1. The molecule has 0 aromatic carbocycles. The Morgan fingerprint density at radius 1 is 1.60 bits per heavy atom. The van der Waals surface area contributed by atoms with Crippen molar-refractivity contribution < 1.29 is 5.11 Å². The highest BCUT2D eigenvalue weighted by Gasteiger charge is 2.56. The second-order valence-electron chi connectivity index (χ2n) is 6.34. The Bertz CT molecular complexity index is 528. The molecule has 2 N–H and O–H groups in total. The molecule has 5 nitrogen and oxygen atoms in total. The number of anilines is 1. The van der Waals surface area contributed by atoms with Crippen molar-refractivity contribution in [3.05, 3.63) is 23.9 Å². The molecule has 3 unspecified atom stereocenters. The molecule has 0 amide bonds. The van der Waals surface area contributed by atoms with Crippen molar-refractivity contribution in [3.63, 3.8) is 0 Å². The van der Waals surface area contributed by atoms with E-state index in [9.17, 15) is 5.11 Å². The minimum absolute atomic E-state index is 0.202. The number of nitrogens with one attached hydrogen (secondary N) is 1. The van der Waals surface area contributed by atoms with Gasteiger partial charge in [0.2, 0.25) is 0 Å². The van der Waals surface area contributed by atoms with Crippen LogP contribution in [0.5, 0.6) is 0 Å². The summed E-state index contributed by atoms with van der Waals surface area (Å²) >= 11 is 0. The zero-order chi connectivity index (χ0) is 14.3. The molecule has 106 valence electrons. The first-order valence-corrected chi connectivity index (χ1v) is 7.12. The number of aliphatic hydroxyl groups is 1. The van der Waals surface area contributed by atoms with Crippen LogP contribution in [0.3, 0.4) is 0 Å². The minimum Gasteiger partial charge on any atom is -0.372 e. The Kier molecular flexibility index (Phi) is 3.15. The number of piperazine rings is 1. The van der Waals surface area contributed by atoms with Crippen molar-refractivity contribution in [1.29, 1.82) is 5.26 Å². The van der Waals surface area contributed by atoms with Crippen LogP contribution in [-0.4, -0.2) is 34.4 Å². The SMILES string of the molecule is CC(C)CC12CC(CN(c3ccc(C#N)cn3)C1O)N2. The number of pyridine rings is 1. The molecule has 0 radical (unpaired) electrons. The Hall–Kier alpha value is -1.64. The quantitative estimate of drug-likeness (QED) is 0.866. The van der Waals surface area contributed by atoms with Crippen LogP contribution in [0.25, 0.3) is 0 Å². The maximum Gasteiger partial charge on any atom is 0.146 e. The maximum absolute atomic E-state index is 10.7. The van der Waals surface area contributed by atoms with Crippen LogP contribution in [-0.2, 0) is 0 Å². The second-order valence-corrected chi connectivity index (χ2v) is 6.34. The van der Waals surface area contributed by atoms with E-state index in [1.165, 1.54) is 0 Å². The number of piperidine rings is 1. The molecule has 1 aromatic heterocycles. The number of nitriles is 1. The van der Waals surface area contributed by atoms with E-state index >= 15 is 0 Å². The Balaban J connectivity index is 1.82. The zero-order valence-electron chi connectivity index (χ0n) is 11.9. The van der Waals surface area contributed by atoms with Crippen LogP contribution in [0.1, 0.15) is 32.3 Å². The van der Waals surface area contributed by atoms with Crippen LogP contribution in [0, 0.1) is 17.2 Å². The molecule has 3 aliphatic heterocycles. The van der Waals surface area contributed by atoms with Gasteiger partial charge in [-0.25, -0.2) is 4.98 Å². The highest BCUT2D eigenvalue weighted by molar-refractivity contribution is 5.46. The van der Waals surface area contributed by atoms with Crippen LogP contribution in [0.2, 0.25) is 0 Å². The highest BCUT2D eigenvalue weighted by atomic mass is 16.3. The monoisotopic (exact) mass is 272 g/mol. The van der Waals surface area contributed by atoms with Crippen LogP contribution < -0.4 is 10.2 Å². The molecule has 0 spiro atoms. The summed E-state index contributed by atoms with van der Waals surface area (Å²) in [6.45, 7) is 5.12. The fourth-order valence-electron chi connectivity index (χ4n) is 3.57. The van der Waals surface area contributed by atoms with Crippen molar-refractivity contribution in [2.75, 3.05) is 11.4 Å². The summed E-state index contributed by atoms with van der Waals surface area (Å²) < 4.78 is 0. The number of aromatic nitrogens is 1. The maximum atomic E-state index is 10.7. The first-order valence-electron chi connectivity index (χ1n) is 7.12. The predicted octanol–water partition coefficient (Wildman–Crippen LogP) is 1.24. The molecule has 0 aliphatic carbocycles. The molecule has 2 bridgehead atoms. The molecule has 3 atom stereocenters. The lowest BCUT2D eigenvalue weighted by atomic mass is 9.71. The standard InChI is InChI=1S/C15H20N4O/c1-10(2)5-15-6-12(18-15)9-19(14(15)20)13-4-3-11(7-16)8-17-13/h3-4,8,10,12,14,18,20H,5-6,9H2,1-2H3. The molecule has 3 fully saturated rings. The van der Waals surface area contributed by atoms with E-state index < -0.39 is 6.23 Å². The normalized spacial score (nSPS) is 31.9. The summed E-state index contributed by atoms with van der Waals surface area (Å²) in [7, 11) is 0. The largest absolute Gasteiger partial charge is 0.372 e. The average molecular weight is 272 g/mol. The van der Waals surface area contributed by atoms with E-state index in [-0.39, 0.29) is 5.54 Å². The van der Waals surface area contributed by atoms with E-state index in [0.717, 1.165) is 25.2 Å². The zero-order valence-corrected chi connectivity index (χ0v) is 11.9. The third kappa shape index (κ3) is 2.05. The number of rotatable bonds is 3. The van der Waals surface area contributed by atoms with Crippen molar-refractivity contribution in [3.8, 4) is 6.07 Å². The van der Waals surface area contributed by atoms with Gasteiger partial charge in [-0.15, -0.1) is 0 Å². The Morgan fingerprint density at radius 3 is 2.90 bits per heavy atom. The van der Waals surface area contributed by atoms with E-state index in [1.807, 2.05) is 11.0 Å². The average Bonchev–Trinajstić information content (AvgIpc) is 2.39. The third-order valence-electron chi connectivity index (χ3n) is 4.25. The first kappa shape index (κ1) is 13.3. The van der Waals surface area contributed by atoms with Gasteiger partial charge < -0.3 is 15.3 Å². The molecule has 4 heterocycles. The molecule has 1 aromatic rings.